The van der Waals surface area contributed by atoms with E-state index in [0.717, 1.165) is 37.8 Å². The quantitative estimate of drug-likeness (QED) is 0.727. The predicted molar refractivity (Wildman–Crippen MR) is 109 cm³/mol. The molecule has 1 aliphatic heterocycles. The first-order valence-electron chi connectivity index (χ1n) is 10.3. The Morgan fingerprint density at radius 1 is 1.29 bits per heavy atom. The summed E-state index contributed by atoms with van der Waals surface area (Å²) in [6, 6.07) is 5.18. The highest BCUT2D eigenvalue weighted by atomic mass is 19.4. The summed E-state index contributed by atoms with van der Waals surface area (Å²) in [7, 11) is 1.54. The zero-order valence-electron chi connectivity index (χ0n) is 17.2. The molecule has 2 N–H and O–H groups in total. The Hall–Kier alpha value is -2.72. The van der Waals surface area contributed by atoms with Gasteiger partial charge in [-0.05, 0) is 66.4 Å². The Balaban J connectivity index is 1.55. The zero-order chi connectivity index (χ0) is 21.8. The molecule has 0 bridgehead atoms. The minimum absolute atomic E-state index is 0.204. The number of methoxy groups -OCH3 is 1. The zero-order valence-corrected chi connectivity index (χ0v) is 17.2. The summed E-state index contributed by atoms with van der Waals surface area (Å²) in [5, 5.41) is 17.0. The molecule has 0 unspecified atom stereocenters. The van der Waals surface area contributed by atoms with Crippen molar-refractivity contribution in [2.45, 2.75) is 50.5 Å². The van der Waals surface area contributed by atoms with Crippen molar-refractivity contribution in [2.75, 3.05) is 13.7 Å². The predicted octanol–water partition coefficient (Wildman–Crippen LogP) is 3.18. The van der Waals surface area contributed by atoms with Gasteiger partial charge in [-0.15, -0.1) is 5.10 Å². The van der Waals surface area contributed by atoms with Crippen LogP contribution in [0.5, 0.6) is 5.75 Å². The number of tetrazole rings is 1. The number of hydrogen-bond donors (Lipinski definition) is 2. The van der Waals surface area contributed by atoms with Gasteiger partial charge in [0.15, 0.2) is 0 Å². The van der Waals surface area contributed by atoms with Crippen LogP contribution < -0.4 is 15.4 Å². The van der Waals surface area contributed by atoms with E-state index in [4.69, 9.17) is 4.74 Å². The van der Waals surface area contributed by atoms with Gasteiger partial charge >= 0.3 is 6.18 Å². The number of allylic oxidation sites excluding steroid dienone is 2. The van der Waals surface area contributed by atoms with Crippen molar-refractivity contribution in [1.82, 2.24) is 30.8 Å². The lowest BCUT2D eigenvalue weighted by Gasteiger charge is -2.35. The van der Waals surface area contributed by atoms with Crippen molar-refractivity contribution in [3.05, 3.63) is 53.4 Å². The van der Waals surface area contributed by atoms with E-state index in [2.05, 4.69) is 44.4 Å². The van der Waals surface area contributed by atoms with Crippen molar-refractivity contribution < 1.29 is 17.9 Å². The minimum atomic E-state index is -4.65. The van der Waals surface area contributed by atoms with Gasteiger partial charge in [-0.2, -0.15) is 17.9 Å². The van der Waals surface area contributed by atoms with Crippen LogP contribution in [0.25, 0.3) is 5.69 Å². The molecular formula is C21H25F3N6O. The Morgan fingerprint density at radius 3 is 2.90 bits per heavy atom. The summed E-state index contributed by atoms with van der Waals surface area (Å²) in [6.07, 6.45) is 6.17. The highest BCUT2D eigenvalue weighted by Crippen LogP contribution is 2.30. The molecule has 7 nitrogen and oxygen atoms in total. The van der Waals surface area contributed by atoms with Gasteiger partial charge in [0.2, 0.25) is 0 Å². The Kier molecular flexibility index (Phi) is 6.38. The third-order valence-corrected chi connectivity index (χ3v) is 5.63. The van der Waals surface area contributed by atoms with Crippen LogP contribution in [0.4, 0.5) is 13.2 Å². The highest BCUT2D eigenvalue weighted by Gasteiger charge is 2.38. The molecule has 1 aliphatic carbocycles. The van der Waals surface area contributed by atoms with E-state index in [1.807, 2.05) is 0 Å². The molecule has 10 heteroatoms. The molecule has 2 aliphatic rings. The molecule has 0 spiro atoms. The van der Waals surface area contributed by atoms with E-state index >= 15 is 0 Å². The van der Waals surface area contributed by atoms with Crippen molar-refractivity contribution in [3.63, 3.8) is 0 Å². The third kappa shape index (κ3) is 4.80. The lowest BCUT2D eigenvalue weighted by Crippen LogP contribution is -2.52. The minimum Gasteiger partial charge on any atom is -0.496 e. The fourth-order valence-corrected chi connectivity index (χ4v) is 4.14. The third-order valence-electron chi connectivity index (χ3n) is 5.63. The highest BCUT2D eigenvalue weighted by molar-refractivity contribution is 5.44. The molecule has 2 heterocycles. The summed E-state index contributed by atoms with van der Waals surface area (Å²) in [4.78, 5) is 0. The fourth-order valence-electron chi connectivity index (χ4n) is 4.14. The number of aromatic nitrogens is 4. The molecule has 0 radical (unpaired) electrons. The van der Waals surface area contributed by atoms with Crippen molar-refractivity contribution in [2.24, 2.45) is 0 Å². The smallest absolute Gasteiger partial charge is 0.453 e. The second kappa shape index (κ2) is 9.19. The number of ether oxygens (including phenoxy) is 1. The largest absolute Gasteiger partial charge is 0.496 e. The average molecular weight is 434 g/mol. The maximum atomic E-state index is 13.2. The van der Waals surface area contributed by atoms with Gasteiger partial charge in [-0.1, -0.05) is 18.2 Å². The lowest BCUT2D eigenvalue weighted by atomic mass is 9.89. The summed E-state index contributed by atoms with van der Waals surface area (Å²) in [5.41, 5.74) is 2.25. The number of nitrogens with one attached hydrogen (secondary N) is 2. The van der Waals surface area contributed by atoms with Crippen LogP contribution in [0.1, 0.15) is 37.1 Å². The first-order chi connectivity index (χ1) is 15.0. The summed E-state index contributed by atoms with van der Waals surface area (Å²) < 4.78 is 45.8. The number of piperidine rings is 1. The molecule has 31 heavy (non-hydrogen) atoms. The van der Waals surface area contributed by atoms with E-state index in [0.29, 0.717) is 17.0 Å². The number of benzene rings is 1. The monoisotopic (exact) mass is 434 g/mol. The Morgan fingerprint density at radius 2 is 2.16 bits per heavy atom. The van der Waals surface area contributed by atoms with Crippen LogP contribution in [0.3, 0.4) is 0 Å². The standard InChI is InChI=1S/C21H25F3N6O/c1-31-18-10-9-16(30-20(21(22,23)24)27-28-29-30)12-15(18)13-26-17-8-5-11-25-19(17)14-6-3-2-4-7-14/h3,6-7,9-10,12,17,19,25-26H,2,4-5,8,11,13H2,1H3/t17-,19-/m0/s1. The SMILES string of the molecule is COc1ccc(-n2nnnc2C(F)(F)F)cc1CN[C@H]1CCCN[C@H]1C1=CCCC=C1. The van der Waals surface area contributed by atoms with Crippen LogP contribution >= 0.6 is 0 Å². The summed E-state index contributed by atoms with van der Waals surface area (Å²) >= 11 is 0. The summed E-state index contributed by atoms with van der Waals surface area (Å²) in [5.74, 6) is -0.570. The van der Waals surface area contributed by atoms with E-state index in [1.165, 1.54) is 11.6 Å². The number of rotatable bonds is 6. The van der Waals surface area contributed by atoms with Crippen molar-refractivity contribution >= 4 is 0 Å². The number of hydrogen-bond acceptors (Lipinski definition) is 6. The molecule has 166 valence electrons. The second-order valence-electron chi connectivity index (χ2n) is 7.65. The van der Waals surface area contributed by atoms with Crippen molar-refractivity contribution in [3.8, 4) is 11.4 Å². The van der Waals surface area contributed by atoms with Gasteiger partial charge in [0.25, 0.3) is 5.82 Å². The van der Waals surface area contributed by atoms with Gasteiger partial charge in [-0.25, -0.2) is 0 Å². The van der Waals surface area contributed by atoms with E-state index in [-0.39, 0.29) is 17.8 Å². The van der Waals surface area contributed by atoms with Crippen LogP contribution in [-0.4, -0.2) is 45.9 Å². The normalized spacial score (nSPS) is 21.7. The van der Waals surface area contributed by atoms with E-state index < -0.39 is 12.0 Å². The van der Waals surface area contributed by atoms with Gasteiger partial charge in [-0.3, -0.25) is 0 Å². The molecule has 1 aromatic heterocycles. The van der Waals surface area contributed by atoms with Crippen molar-refractivity contribution in [1.29, 1.82) is 0 Å². The maximum absolute atomic E-state index is 13.2. The molecule has 0 saturated carbocycles. The first-order valence-corrected chi connectivity index (χ1v) is 10.3. The van der Waals surface area contributed by atoms with Gasteiger partial charge < -0.3 is 15.4 Å². The Labute approximate surface area is 178 Å². The molecule has 0 amide bonds. The molecule has 1 fully saturated rings. The fraction of sp³-hybridized carbons (Fsp3) is 0.476. The van der Waals surface area contributed by atoms with Gasteiger partial charge in [0.1, 0.15) is 5.75 Å². The van der Waals surface area contributed by atoms with Crippen LogP contribution in [0.15, 0.2) is 42.0 Å². The average Bonchev–Trinajstić information content (AvgIpc) is 3.29. The Bertz CT molecular complexity index is 968. The molecule has 1 saturated heterocycles. The van der Waals surface area contributed by atoms with Crippen LogP contribution in [0, 0.1) is 0 Å². The number of halogens is 3. The second-order valence-corrected chi connectivity index (χ2v) is 7.65. The van der Waals surface area contributed by atoms with Gasteiger partial charge in [0.05, 0.1) is 12.8 Å². The molecule has 4 rings (SSSR count). The number of nitrogens with zero attached hydrogens (tertiary/aromatic N) is 4. The number of alkyl halides is 3. The first kappa shape index (κ1) is 21.5. The topological polar surface area (TPSA) is 76.9 Å². The maximum Gasteiger partial charge on any atom is 0.453 e. The molecule has 1 aromatic carbocycles. The van der Waals surface area contributed by atoms with Crippen LogP contribution in [-0.2, 0) is 12.7 Å². The summed E-state index contributed by atoms with van der Waals surface area (Å²) in [6.45, 7) is 1.41. The van der Waals surface area contributed by atoms with Crippen LogP contribution in [0.2, 0.25) is 0 Å². The van der Waals surface area contributed by atoms with Gasteiger partial charge in [0, 0.05) is 24.2 Å². The molecule has 2 aromatic rings. The lowest BCUT2D eigenvalue weighted by molar-refractivity contribution is -0.146. The van der Waals surface area contributed by atoms with E-state index in [1.54, 1.807) is 19.2 Å². The molecular weight excluding hydrogens is 409 g/mol. The van der Waals surface area contributed by atoms with E-state index in [9.17, 15) is 13.2 Å². The molecule has 2 atom stereocenters.